The Balaban J connectivity index is 1.98. The summed E-state index contributed by atoms with van der Waals surface area (Å²) in [6, 6.07) is 5.25. The van der Waals surface area contributed by atoms with Gasteiger partial charge in [0.15, 0.2) is 5.65 Å². The topological polar surface area (TPSA) is 67.6 Å². The molecule has 0 aliphatic carbocycles. The van der Waals surface area contributed by atoms with Gasteiger partial charge in [0.1, 0.15) is 17.5 Å². The maximum absolute atomic E-state index is 13.1. The highest BCUT2D eigenvalue weighted by Gasteiger charge is 2.07. The van der Waals surface area contributed by atoms with Crippen LogP contribution in [0.1, 0.15) is 11.1 Å². The first kappa shape index (κ1) is 11.6. The zero-order valence-electron chi connectivity index (χ0n) is 9.82. The lowest BCUT2D eigenvalue weighted by Gasteiger charge is -2.03. The zero-order chi connectivity index (χ0) is 13.4. The van der Waals surface area contributed by atoms with E-state index >= 15 is 0 Å². The number of hydrogen-bond acceptors (Lipinski definition) is 3. The van der Waals surface area contributed by atoms with Gasteiger partial charge in [0.25, 0.3) is 0 Å². The van der Waals surface area contributed by atoms with Gasteiger partial charge in [-0.15, -0.1) is 0 Å². The van der Waals surface area contributed by atoms with Crippen LogP contribution >= 0.6 is 0 Å². The highest BCUT2D eigenvalue weighted by atomic mass is 19.1. The summed E-state index contributed by atoms with van der Waals surface area (Å²) in [5, 5.41) is 7.25. The SMILES string of the molecule is Nc1[nH]nc2ncc(Cc3cc(F)cc(F)c3)cc12. The van der Waals surface area contributed by atoms with Gasteiger partial charge in [0.05, 0.1) is 5.39 Å². The molecule has 6 heteroatoms. The summed E-state index contributed by atoms with van der Waals surface area (Å²) in [5.41, 5.74) is 7.58. The fourth-order valence-corrected chi connectivity index (χ4v) is 2.01. The van der Waals surface area contributed by atoms with Gasteiger partial charge in [-0.3, -0.25) is 5.10 Å². The van der Waals surface area contributed by atoms with Crippen LogP contribution in [0.3, 0.4) is 0 Å². The number of nitrogens with one attached hydrogen (secondary N) is 1. The molecule has 3 N–H and O–H groups in total. The summed E-state index contributed by atoms with van der Waals surface area (Å²) in [7, 11) is 0. The van der Waals surface area contributed by atoms with E-state index in [0.29, 0.717) is 28.8 Å². The van der Waals surface area contributed by atoms with Crippen LogP contribution in [0.4, 0.5) is 14.6 Å². The van der Waals surface area contributed by atoms with Gasteiger partial charge in [-0.2, -0.15) is 5.10 Å². The number of H-pyrrole nitrogens is 1. The average molecular weight is 260 g/mol. The zero-order valence-corrected chi connectivity index (χ0v) is 9.82. The molecule has 2 aromatic heterocycles. The number of hydrogen-bond donors (Lipinski definition) is 2. The monoisotopic (exact) mass is 260 g/mol. The first-order valence-corrected chi connectivity index (χ1v) is 5.65. The van der Waals surface area contributed by atoms with E-state index in [2.05, 4.69) is 15.2 Å². The van der Waals surface area contributed by atoms with Gasteiger partial charge >= 0.3 is 0 Å². The molecule has 96 valence electrons. The van der Waals surface area contributed by atoms with E-state index in [-0.39, 0.29) is 0 Å². The molecule has 4 nitrogen and oxygen atoms in total. The predicted octanol–water partition coefficient (Wildman–Crippen LogP) is 2.41. The number of halogens is 2. The van der Waals surface area contributed by atoms with Crippen molar-refractivity contribution >= 4 is 16.9 Å². The van der Waals surface area contributed by atoms with Crippen molar-refractivity contribution in [3.8, 4) is 0 Å². The molecule has 0 bridgehead atoms. The standard InChI is InChI=1S/C13H10F2N4/c14-9-2-7(3-10(15)5-9)1-8-4-11-12(16)18-19-13(11)17-6-8/h2-6H,1H2,(H3,16,17,18,19). The predicted molar refractivity (Wildman–Crippen MR) is 67.5 cm³/mol. The molecule has 0 saturated carbocycles. The molecule has 3 rings (SSSR count). The van der Waals surface area contributed by atoms with E-state index < -0.39 is 11.6 Å². The molecule has 0 saturated heterocycles. The number of rotatable bonds is 2. The van der Waals surface area contributed by atoms with E-state index in [1.807, 2.05) is 6.07 Å². The number of aromatic nitrogens is 3. The number of anilines is 1. The van der Waals surface area contributed by atoms with Crippen LogP contribution in [0.5, 0.6) is 0 Å². The molecule has 0 aliphatic heterocycles. The molecule has 0 amide bonds. The van der Waals surface area contributed by atoms with Crippen LogP contribution in [0, 0.1) is 11.6 Å². The van der Waals surface area contributed by atoms with Crippen LogP contribution in [-0.2, 0) is 6.42 Å². The number of benzene rings is 1. The summed E-state index contributed by atoms with van der Waals surface area (Å²) in [6.45, 7) is 0. The van der Waals surface area contributed by atoms with Crippen molar-refractivity contribution in [1.82, 2.24) is 15.2 Å². The Labute approximate surface area is 107 Å². The van der Waals surface area contributed by atoms with E-state index in [0.717, 1.165) is 11.6 Å². The highest BCUT2D eigenvalue weighted by molar-refractivity contribution is 5.86. The van der Waals surface area contributed by atoms with Crippen molar-refractivity contribution in [2.24, 2.45) is 0 Å². The Morgan fingerprint density at radius 3 is 2.53 bits per heavy atom. The molecule has 0 fully saturated rings. The minimum Gasteiger partial charge on any atom is -0.384 e. The highest BCUT2D eigenvalue weighted by Crippen LogP contribution is 2.19. The summed E-state index contributed by atoms with van der Waals surface area (Å²) in [5.74, 6) is -0.756. The maximum atomic E-state index is 13.1. The van der Waals surface area contributed by atoms with Crippen molar-refractivity contribution in [3.05, 3.63) is 53.2 Å². The largest absolute Gasteiger partial charge is 0.384 e. The van der Waals surface area contributed by atoms with E-state index in [1.165, 1.54) is 12.1 Å². The fraction of sp³-hybridized carbons (Fsp3) is 0.0769. The number of aromatic amines is 1. The van der Waals surface area contributed by atoms with Gasteiger partial charge in [-0.1, -0.05) is 0 Å². The third kappa shape index (κ3) is 2.24. The number of fused-ring (bicyclic) bond motifs is 1. The normalized spacial score (nSPS) is 11.1. The van der Waals surface area contributed by atoms with Gasteiger partial charge in [0.2, 0.25) is 0 Å². The minimum absolute atomic E-state index is 0.377. The van der Waals surface area contributed by atoms with Crippen LogP contribution in [0.15, 0.2) is 30.5 Å². The van der Waals surface area contributed by atoms with Gasteiger partial charge < -0.3 is 5.73 Å². The summed E-state index contributed by atoms with van der Waals surface area (Å²) < 4.78 is 26.2. The molecule has 3 aromatic rings. The quantitative estimate of drug-likeness (QED) is 0.743. The third-order valence-corrected chi connectivity index (χ3v) is 2.83. The summed E-state index contributed by atoms with van der Waals surface area (Å²) in [6.07, 6.45) is 1.99. The molecule has 0 atom stereocenters. The molecule has 0 spiro atoms. The van der Waals surface area contributed by atoms with Crippen LogP contribution < -0.4 is 5.73 Å². The Morgan fingerprint density at radius 1 is 1.05 bits per heavy atom. The second kappa shape index (κ2) is 4.31. The second-order valence-electron chi connectivity index (χ2n) is 4.31. The molecular weight excluding hydrogens is 250 g/mol. The molecule has 0 unspecified atom stereocenters. The van der Waals surface area contributed by atoms with E-state index in [4.69, 9.17) is 5.73 Å². The first-order chi connectivity index (χ1) is 9.11. The molecule has 0 aliphatic rings. The Morgan fingerprint density at radius 2 is 1.79 bits per heavy atom. The van der Waals surface area contributed by atoms with Gasteiger partial charge in [-0.05, 0) is 35.7 Å². The summed E-state index contributed by atoms with van der Waals surface area (Å²) >= 11 is 0. The Hall–Kier alpha value is -2.50. The average Bonchev–Trinajstić information content (AvgIpc) is 2.70. The first-order valence-electron chi connectivity index (χ1n) is 5.65. The minimum atomic E-state index is -0.591. The van der Waals surface area contributed by atoms with Crippen LogP contribution in [0.25, 0.3) is 11.0 Å². The van der Waals surface area contributed by atoms with Gasteiger partial charge in [0, 0.05) is 12.3 Å². The van der Waals surface area contributed by atoms with Crippen LogP contribution in [-0.4, -0.2) is 15.2 Å². The van der Waals surface area contributed by atoms with Crippen LogP contribution in [0.2, 0.25) is 0 Å². The van der Waals surface area contributed by atoms with Crippen molar-refractivity contribution in [2.75, 3.05) is 5.73 Å². The number of nitrogen functional groups attached to an aromatic ring is 1. The Bertz CT molecular complexity index is 731. The fourth-order valence-electron chi connectivity index (χ4n) is 2.01. The number of nitrogens with two attached hydrogens (primary N) is 1. The second-order valence-corrected chi connectivity index (χ2v) is 4.31. The third-order valence-electron chi connectivity index (χ3n) is 2.83. The van der Waals surface area contributed by atoms with Crippen molar-refractivity contribution < 1.29 is 8.78 Å². The van der Waals surface area contributed by atoms with Crippen molar-refractivity contribution in [2.45, 2.75) is 6.42 Å². The number of nitrogens with zero attached hydrogens (tertiary/aromatic N) is 2. The lowest BCUT2D eigenvalue weighted by molar-refractivity contribution is 0.580. The molecule has 0 radical (unpaired) electrons. The molecule has 1 aromatic carbocycles. The molecular formula is C13H10F2N4. The van der Waals surface area contributed by atoms with Crippen molar-refractivity contribution in [3.63, 3.8) is 0 Å². The van der Waals surface area contributed by atoms with E-state index in [1.54, 1.807) is 6.20 Å². The summed E-state index contributed by atoms with van der Waals surface area (Å²) in [4.78, 5) is 4.13. The maximum Gasteiger partial charge on any atom is 0.183 e. The lowest BCUT2D eigenvalue weighted by Crippen LogP contribution is -1.93. The Kier molecular flexibility index (Phi) is 2.63. The lowest BCUT2D eigenvalue weighted by atomic mass is 10.1. The molecule has 19 heavy (non-hydrogen) atoms. The molecule has 2 heterocycles. The van der Waals surface area contributed by atoms with Gasteiger partial charge in [-0.25, -0.2) is 13.8 Å². The smallest absolute Gasteiger partial charge is 0.183 e. The van der Waals surface area contributed by atoms with Crippen molar-refractivity contribution in [1.29, 1.82) is 0 Å². The van der Waals surface area contributed by atoms with E-state index in [9.17, 15) is 8.78 Å². The number of pyridine rings is 1.